The maximum absolute atomic E-state index is 12.8. The van der Waals surface area contributed by atoms with E-state index in [1.165, 1.54) is 0 Å². The quantitative estimate of drug-likeness (QED) is 0.712. The second kappa shape index (κ2) is 4.74. The molecule has 0 unspecified atom stereocenters. The third-order valence-electron chi connectivity index (χ3n) is 6.94. The maximum atomic E-state index is 12.8. The summed E-state index contributed by atoms with van der Waals surface area (Å²) >= 11 is 0. The smallest absolute Gasteiger partial charge is 0.276 e. The fourth-order valence-corrected chi connectivity index (χ4v) is 5.55. The average molecular weight is 356 g/mol. The molecule has 6 heteroatoms. The molecule has 0 amide bonds. The zero-order chi connectivity index (χ0) is 17.6. The van der Waals surface area contributed by atoms with Crippen LogP contribution in [0.25, 0.3) is 0 Å². The predicted octanol–water partition coefficient (Wildman–Crippen LogP) is 2.97. The van der Waals surface area contributed by atoms with Crippen molar-refractivity contribution in [2.45, 2.75) is 32.0 Å². The molecule has 136 valence electrons. The average Bonchev–Trinajstić information content (AvgIpc) is 3.23. The molecule has 6 rings (SSSR count). The third-order valence-corrected chi connectivity index (χ3v) is 6.94. The highest BCUT2D eigenvalue weighted by atomic mass is 16.8. The van der Waals surface area contributed by atoms with Crippen LogP contribution in [0.4, 0.5) is 0 Å². The molecule has 1 saturated carbocycles. The van der Waals surface area contributed by atoms with E-state index in [0.717, 1.165) is 23.5 Å². The van der Waals surface area contributed by atoms with Gasteiger partial charge in [-0.05, 0) is 24.3 Å². The van der Waals surface area contributed by atoms with E-state index < -0.39 is 5.79 Å². The summed E-state index contributed by atoms with van der Waals surface area (Å²) in [5, 5.41) is 0. The lowest BCUT2D eigenvalue weighted by Gasteiger charge is -2.54. The first-order chi connectivity index (χ1) is 12.6. The highest BCUT2D eigenvalue weighted by Crippen LogP contribution is 2.63. The molecular weight excluding hydrogens is 336 g/mol. The SMILES string of the molecule is C[C@H]1[C@H]2c3cc4c(cc3O[C@@]35OCOC3=CC(=O)[C@@H](C[C@H]1C)[C@@H]25)OCO4. The molecule has 2 fully saturated rings. The molecule has 6 atom stereocenters. The Balaban J connectivity index is 1.61. The number of benzene rings is 1. The van der Waals surface area contributed by atoms with E-state index in [4.69, 9.17) is 23.7 Å². The van der Waals surface area contributed by atoms with Crippen LogP contribution in [0.1, 0.15) is 31.7 Å². The number of rotatable bonds is 0. The summed E-state index contributed by atoms with van der Waals surface area (Å²) in [7, 11) is 0. The molecule has 1 spiro atoms. The minimum absolute atomic E-state index is 0.0865. The van der Waals surface area contributed by atoms with Gasteiger partial charge in [-0.25, -0.2) is 0 Å². The van der Waals surface area contributed by atoms with Crippen LogP contribution in [-0.4, -0.2) is 25.2 Å². The van der Waals surface area contributed by atoms with Gasteiger partial charge in [-0.3, -0.25) is 9.53 Å². The van der Waals surface area contributed by atoms with E-state index in [1.807, 2.05) is 12.1 Å². The van der Waals surface area contributed by atoms with Gasteiger partial charge in [0.1, 0.15) is 5.75 Å². The number of fused-ring (bicyclic) bond motifs is 3. The highest BCUT2D eigenvalue weighted by molar-refractivity contribution is 5.94. The normalized spacial score (nSPS) is 41.4. The Kier molecular flexibility index (Phi) is 2.72. The maximum Gasteiger partial charge on any atom is 0.276 e. The van der Waals surface area contributed by atoms with Crippen LogP contribution in [0.5, 0.6) is 17.2 Å². The molecule has 3 aliphatic heterocycles. The Bertz CT molecular complexity index is 860. The molecule has 2 aliphatic carbocycles. The van der Waals surface area contributed by atoms with E-state index in [1.54, 1.807) is 6.08 Å². The summed E-state index contributed by atoms with van der Waals surface area (Å²) in [6.45, 7) is 4.82. The molecule has 1 aromatic carbocycles. The summed E-state index contributed by atoms with van der Waals surface area (Å²) < 4.78 is 29.3. The van der Waals surface area contributed by atoms with Gasteiger partial charge < -0.3 is 18.9 Å². The van der Waals surface area contributed by atoms with Gasteiger partial charge in [-0.15, -0.1) is 0 Å². The lowest BCUT2D eigenvalue weighted by Crippen LogP contribution is -2.60. The van der Waals surface area contributed by atoms with Crippen molar-refractivity contribution in [3.05, 3.63) is 29.5 Å². The zero-order valence-corrected chi connectivity index (χ0v) is 14.7. The first kappa shape index (κ1) is 14.9. The van der Waals surface area contributed by atoms with Crippen LogP contribution in [0, 0.1) is 23.7 Å². The van der Waals surface area contributed by atoms with Crippen LogP contribution < -0.4 is 14.2 Å². The van der Waals surface area contributed by atoms with Gasteiger partial charge in [0, 0.05) is 35.5 Å². The van der Waals surface area contributed by atoms with Gasteiger partial charge in [-0.1, -0.05) is 13.8 Å². The Morgan fingerprint density at radius 2 is 1.85 bits per heavy atom. The standard InChI is InChI=1S/C20H20O6/c1-9-3-11-13(21)5-17-20(25-8-24-17)19(11)18(10(9)2)12-4-15-16(23-7-22-15)6-14(12)26-20/h4-6,9-11,18-19H,3,7-8H2,1-2H3/t9-,10-,11-,18+,19+,20+/m1/s1. The van der Waals surface area contributed by atoms with Gasteiger partial charge in [0.2, 0.25) is 6.79 Å². The van der Waals surface area contributed by atoms with Crippen molar-refractivity contribution in [1.82, 2.24) is 0 Å². The van der Waals surface area contributed by atoms with E-state index in [2.05, 4.69) is 13.8 Å². The second-order valence-electron chi connectivity index (χ2n) is 8.06. The molecule has 0 aromatic heterocycles. The van der Waals surface area contributed by atoms with Crippen LogP contribution in [0.2, 0.25) is 0 Å². The highest BCUT2D eigenvalue weighted by Gasteiger charge is 2.66. The lowest BCUT2D eigenvalue weighted by molar-refractivity contribution is -0.212. The summed E-state index contributed by atoms with van der Waals surface area (Å²) in [6.07, 6.45) is 2.44. The largest absolute Gasteiger partial charge is 0.465 e. The van der Waals surface area contributed by atoms with Crippen LogP contribution in [0.3, 0.4) is 0 Å². The van der Waals surface area contributed by atoms with Crippen LogP contribution >= 0.6 is 0 Å². The van der Waals surface area contributed by atoms with Crippen molar-refractivity contribution in [1.29, 1.82) is 0 Å². The second-order valence-corrected chi connectivity index (χ2v) is 8.06. The summed E-state index contributed by atoms with van der Waals surface area (Å²) in [5.41, 5.74) is 1.08. The number of hydrogen-bond acceptors (Lipinski definition) is 6. The number of ether oxygens (including phenoxy) is 5. The summed E-state index contributed by atoms with van der Waals surface area (Å²) in [6, 6.07) is 3.92. The first-order valence-electron chi connectivity index (χ1n) is 9.24. The molecule has 6 nitrogen and oxygen atoms in total. The minimum atomic E-state index is -1.00. The fourth-order valence-electron chi connectivity index (χ4n) is 5.55. The van der Waals surface area contributed by atoms with E-state index in [-0.39, 0.29) is 37.1 Å². The topological polar surface area (TPSA) is 63.2 Å². The monoisotopic (exact) mass is 356 g/mol. The minimum Gasteiger partial charge on any atom is -0.465 e. The predicted molar refractivity (Wildman–Crippen MR) is 88.7 cm³/mol. The van der Waals surface area contributed by atoms with Crippen LogP contribution in [-0.2, 0) is 14.3 Å². The number of carbonyl (C=O) groups is 1. The molecule has 26 heavy (non-hydrogen) atoms. The zero-order valence-electron chi connectivity index (χ0n) is 14.7. The van der Waals surface area contributed by atoms with Gasteiger partial charge in [0.15, 0.2) is 29.8 Å². The molecule has 0 N–H and O–H groups in total. The van der Waals surface area contributed by atoms with Crippen molar-refractivity contribution in [3.63, 3.8) is 0 Å². The van der Waals surface area contributed by atoms with E-state index in [0.29, 0.717) is 23.3 Å². The Labute approximate surface area is 151 Å². The number of ketones is 1. The molecule has 0 bridgehead atoms. The number of carbonyl (C=O) groups excluding carboxylic acids is 1. The van der Waals surface area contributed by atoms with Gasteiger partial charge in [0.25, 0.3) is 5.79 Å². The first-order valence-corrected chi connectivity index (χ1v) is 9.24. The van der Waals surface area contributed by atoms with E-state index >= 15 is 0 Å². The van der Waals surface area contributed by atoms with Crippen molar-refractivity contribution < 1.29 is 28.5 Å². The number of hydrogen-bond donors (Lipinski definition) is 0. The molecule has 3 heterocycles. The van der Waals surface area contributed by atoms with Crippen molar-refractivity contribution in [2.24, 2.45) is 23.7 Å². The van der Waals surface area contributed by atoms with Crippen molar-refractivity contribution in [2.75, 3.05) is 13.6 Å². The molecule has 0 radical (unpaired) electrons. The third kappa shape index (κ3) is 1.64. The Morgan fingerprint density at radius 3 is 2.69 bits per heavy atom. The van der Waals surface area contributed by atoms with Gasteiger partial charge in [0.05, 0.1) is 0 Å². The van der Waals surface area contributed by atoms with Crippen LogP contribution in [0.15, 0.2) is 24.0 Å². The van der Waals surface area contributed by atoms with Crippen molar-refractivity contribution in [3.8, 4) is 17.2 Å². The van der Waals surface area contributed by atoms with Gasteiger partial charge in [-0.2, -0.15) is 0 Å². The lowest BCUT2D eigenvalue weighted by atomic mass is 9.55. The molecular formula is C20H20O6. The molecule has 1 aromatic rings. The molecule has 5 aliphatic rings. The Hall–Kier alpha value is -2.21. The molecule has 1 saturated heterocycles. The Morgan fingerprint density at radius 1 is 1.04 bits per heavy atom. The summed E-state index contributed by atoms with van der Waals surface area (Å²) in [5.74, 6) is 2.54. The summed E-state index contributed by atoms with van der Waals surface area (Å²) in [4.78, 5) is 12.8. The number of allylic oxidation sites excluding steroid dienone is 1. The van der Waals surface area contributed by atoms with E-state index in [9.17, 15) is 4.79 Å². The fraction of sp³-hybridized carbons (Fsp3) is 0.550. The van der Waals surface area contributed by atoms with Crippen molar-refractivity contribution >= 4 is 5.78 Å². The van der Waals surface area contributed by atoms with Gasteiger partial charge >= 0.3 is 0 Å².